The maximum absolute atomic E-state index is 10.7. The molecular formula is C11H16N2O2. The van der Waals surface area contributed by atoms with Crippen LogP contribution in [0.25, 0.3) is 0 Å². The van der Waals surface area contributed by atoms with Gasteiger partial charge in [-0.2, -0.15) is 0 Å². The number of rotatable bonds is 1. The Morgan fingerprint density at radius 2 is 2.20 bits per heavy atom. The molecule has 0 aromatic carbocycles. The molecule has 2 rings (SSSR count). The zero-order valence-electron chi connectivity index (χ0n) is 9.36. The van der Waals surface area contributed by atoms with E-state index in [-0.39, 0.29) is 10.3 Å². The smallest absolute Gasteiger partial charge is 0.246 e. The molecule has 2 aliphatic rings. The predicted molar refractivity (Wildman–Crippen MR) is 57.7 cm³/mol. The summed E-state index contributed by atoms with van der Waals surface area (Å²) in [6.07, 6.45) is 4.11. The highest BCUT2D eigenvalue weighted by atomic mass is 16.6. The Balaban J connectivity index is 2.34. The lowest BCUT2D eigenvalue weighted by Crippen LogP contribution is -2.24. The summed E-state index contributed by atoms with van der Waals surface area (Å²) in [5, 5.41) is 10.7. The van der Waals surface area contributed by atoms with Gasteiger partial charge in [-0.05, 0) is 11.5 Å². The Bertz CT molecular complexity index is 369. The molecule has 0 spiro atoms. The molecule has 0 bridgehead atoms. The number of fused-ring (bicyclic) bond motifs is 1. The number of hydrogen-bond donors (Lipinski definition) is 0. The van der Waals surface area contributed by atoms with Gasteiger partial charge in [0.05, 0.1) is 4.92 Å². The Morgan fingerprint density at radius 1 is 1.53 bits per heavy atom. The van der Waals surface area contributed by atoms with Crippen molar-refractivity contribution >= 4 is 0 Å². The van der Waals surface area contributed by atoms with Gasteiger partial charge in [-0.15, -0.1) is 0 Å². The van der Waals surface area contributed by atoms with Crippen LogP contribution in [0.4, 0.5) is 0 Å². The predicted octanol–water partition coefficient (Wildman–Crippen LogP) is 2.02. The Morgan fingerprint density at radius 3 is 2.80 bits per heavy atom. The summed E-state index contributed by atoms with van der Waals surface area (Å²) < 4.78 is 0. The van der Waals surface area contributed by atoms with Crippen molar-refractivity contribution in [2.75, 3.05) is 13.6 Å². The lowest BCUT2D eigenvalue weighted by atomic mass is 9.76. The second-order valence-corrected chi connectivity index (χ2v) is 5.11. The summed E-state index contributed by atoms with van der Waals surface area (Å²) >= 11 is 0. The molecule has 0 radical (unpaired) electrons. The van der Waals surface area contributed by atoms with Crippen LogP contribution in [0.2, 0.25) is 0 Å². The van der Waals surface area contributed by atoms with E-state index in [1.807, 2.05) is 6.08 Å². The van der Waals surface area contributed by atoms with Crippen molar-refractivity contribution in [2.24, 2.45) is 11.3 Å². The Hall–Kier alpha value is -1.32. The average molecular weight is 208 g/mol. The summed E-state index contributed by atoms with van der Waals surface area (Å²) in [6, 6.07) is 0. The SMILES string of the molecule is CN1CC(C)(C)C2CC([N+](=O)[O-])=CC=C21. The number of nitro groups is 1. The van der Waals surface area contributed by atoms with E-state index in [0.717, 1.165) is 6.54 Å². The lowest BCUT2D eigenvalue weighted by molar-refractivity contribution is -0.429. The van der Waals surface area contributed by atoms with Crippen LogP contribution in [0, 0.1) is 21.4 Å². The van der Waals surface area contributed by atoms with Gasteiger partial charge in [0.25, 0.3) is 0 Å². The monoisotopic (exact) mass is 208 g/mol. The highest BCUT2D eigenvalue weighted by molar-refractivity contribution is 5.28. The third kappa shape index (κ3) is 1.54. The van der Waals surface area contributed by atoms with Crippen molar-refractivity contribution in [1.29, 1.82) is 0 Å². The molecule has 4 nitrogen and oxygen atoms in total. The van der Waals surface area contributed by atoms with Crippen molar-refractivity contribution < 1.29 is 4.92 Å². The minimum Gasteiger partial charge on any atom is -0.377 e. The van der Waals surface area contributed by atoms with Crippen LogP contribution < -0.4 is 0 Å². The molecule has 82 valence electrons. The first-order valence-electron chi connectivity index (χ1n) is 5.18. The van der Waals surface area contributed by atoms with Crippen molar-refractivity contribution in [2.45, 2.75) is 20.3 Å². The maximum Gasteiger partial charge on any atom is 0.246 e. The van der Waals surface area contributed by atoms with E-state index in [1.165, 1.54) is 5.70 Å². The van der Waals surface area contributed by atoms with Gasteiger partial charge in [0.15, 0.2) is 0 Å². The van der Waals surface area contributed by atoms with E-state index in [2.05, 4.69) is 25.8 Å². The average Bonchev–Trinajstić information content (AvgIpc) is 2.37. The molecule has 1 unspecified atom stereocenters. The topological polar surface area (TPSA) is 46.4 Å². The molecule has 1 aliphatic carbocycles. The van der Waals surface area contributed by atoms with Crippen molar-refractivity contribution in [3.63, 3.8) is 0 Å². The fourth-order valence-corrected chi connectivity index (χ4v) is 2.70. The summed E-state index contributed by atoms with van der Waals surface area (Å²) in [5.74, 6) is 0.299. The molecule has 4 heteroatoms. The Kier molecular flexibility index (Phi) is 2.10. The van der Waals surface area contributed by atoms with E-state index in [9.17, 15) is 10.1 Å². The van der Waals surface area contributed by atoms with E-state index in [4.69, 9.17) is 0 Å². The number of allylic oxidation sites excluding steroid dienone is 4. The molecule has 1 saturated heterocycles. The molecule has 0 saturated carbocycles. The normalized spacial score (nSPS) is 28.2. The zero-order valence-corrected chi connectivity index (χ0v) is 9.36. The molecule has 1 heterocycles. The maximum atomic E-state index is 10.7. The largest absolute Gasteiger partial charge is 0.377 e. The summed E-state index contributed by atoms with van der Waals surface area (Å²) in [7, 11) is 2.05. The standard InChI is InChI=1S/C11H16N2O2/c1-11(2)7-12(3)10-5-4-8(13(14)15)6-9(10)11/h4-5,9H,6-7H2,1-3H3. The van der Waals surface area contributed by atoms with Gasteiger partial charge in [0, 0.05) is 37.7 Å². The molecular weight excluding hydrogens is 192 g/mol. The van der Waals surface area contributed by atoms with Gasteiger partial charge in [0.1, 0.15) is 0 Å². The summed E-state index contributed by atoms with van der Waals surface area (Å²) in [4.78, 5) is 12.7. The molecule has 0 N–H and O–H groups in total. The third-order valence-corrected chi connectivity index (χ3v) is 3.48. The fourth-order valence-electron chi connectivity index (χ4n) is 2.70. The van der Waals surface area contributed by atoms with Crippen molar-refractivity contribution in [1.82, 2.24) is 4.90 Å². The number of nitrogens with zero attached hydrogens (tertiary/aromatic N) is 2. The number of likely N-dealkylation sites (tertiary alicyclic amines) is 1. The summed E-state index contributed by atoms with van der Waals surface area (Å²) in [5.41, 5.74) is 1.72. The van der Waals surface area contributed by atoms with Crippen LogP contribution in [0.5, 0.6) is 0 Å². The first-order chi connectivity index (χ1) is 6.92. The molecule has 0 aromatic rings. The second kappa shape index (κ2) is 3.08. The number of hydrogen-bond acceptors (Lipinski definition) is 3. The lowest BCUT2D eigenvalue weighted by Gasteiger charge is -2.25. The minimum atomic E-state index is -0.262. The molecule has 0 amide bonds. The van der Waals surface area contributed by atoms with Crippen LogP contribution >= 0.6 is 0 Å². The molecule has 1 fully saturated rings. The first-order valence-corrected chi connectivity index (χ1v) is 5.18. The fraction of sp³-hybridized carbons (Fsp3) is 0.636. The molecule has 1 atom stereocenters. The van der Waals surface area contributed by atoms with Crippen molar-refractivity contribution in [3.8, 4) is 0 Å². The molecule has 15 heavy (non-hydrogen) atoms. The quantitative estimate of drug-likeness (QED) is 0.489. The minimum absolute atomic E-state index is 0.135. The highest BCUT2D eigenvalue weighted by Gasteiger charge is 2.44. The van der Waals surface area contributed by atoms with Gasteiger partial charge in [0.2, 0.25) is 5.70 Å². The van der Waals surface area contributed by atoms with E-state index in [1.54, 1.807) is 6.08 Å². The molecule has 0 aromatic heterocycles. The molecule has 1 aliphatic heterocycles. The Labute approximate surface area is 89.4 Å². The third-order valence-electron chi connectivity index (χ3n) is 3.48. The van der Waals surface area contributed by atoms with Gasteiger partial charge >= 0.3 is 0 Å². The second-order valence-electron chi connectivity index (χ2n) is 5.11. The van der Waals surface area contributed by atoms with Gasteiger partial charge < -0.3 is 4.90 Å². The van der Waals surface area contributed by atoms with Crippen LogP contribution in [-0.4, -0.2) is 23.4 Å². The van der Waals surface area contributed by atoms with Crippen LogP contribution in [0.1, 0.15) is 20.3 Å². The van der Waals surface area contributed by atoms with Crippen LogP contribution in [0.15, 0.2) is 23.5 Å². The first kappa shape index (κ1) is 10.2. The van der Waals surface area contributed by atoms with Crippen LogP contribution in [0.3, 0.4) is 0 Å². The highest BCUT2D eigenvalue weighted by Crippen LogP contribution is 2.46. The van der Waals surface area contributed by atoms with Crippen molar-refractivity contribution in [3.05, 3.63) is 33.7 Å². The van der Waals surface area contributed by atoms with E-state index in [0.29, 0.717) is 18.0 Å². The zero-order chi connectivity index (χ0) is 11.2. The summed E-state index contributed by atoms with van der Waals surface area (Å²) in [6.45, 7) is 5.33. The van der Waals surface area contributed by atoms with E-state index < -0.39 is 0 Å². The van der Waals surface area contributed by atoms with Gasteiger partial charge in [-0.1, -0.05) is 13.8 Å². The van der Waals surface area contributed by atoms with Gasteiger partial charge in [-0.25, -0.2) is 0 Å². The van der Waals surface area contributed by atoms with Gasteiger partial charge in [-0.3, -0.25) is 10.1 Å². The van der Waals surface area contributed by atoms with Crippen LogP contribution in [-0.2, 0) is 0 Å². The van der Waals surface area contributed by atoms with E-state index >= 15 is 0 Å².